The highest BCUT2D eigenvalue weighted by molar-refractivity contribution is 5.96. The molecule has 1 aromatic rings. The molecule has 0 aromatic heterocycles. The van der Waals surface area contributed by atoms with Gasteiger partial charge in [0.1, 0.15) is 0 Å². The maximum absolute atomic E-state index is 12.3. The SMILES string of the molecule is COC(=O)c1cccc(N(CCC(=O)O)C(=O)CC(C)C)c1. The first kappa shape index (κ1) is 17.7. The van der Waals surface area contributed by atoms with Gasteiger partial charge in [0, 0.05) is 18.7 Å². The fourth-order valence-electron chi connectivity index (χ4n) is 1.98. The van der Waals surface area contributed by atoms with E-state index in [4.69, 9.17) is 5.11 Å². The zero-order chi connectivity index (χ0) is 16.7. The van der Waals surface area contributed by atoms with E-state index in [0.29, 0.717) is 17.7 Å². The fraction of sp³-hybridized carbons (Fsp3) is 0.438. The molecule has 1 N–H and O–H groups in total. The summed E-state index contributed by atoms with van der Waals surface area (Å²) >= 11 is 0. The molecule has 0 saturated heterocycles. The van der Waals surface area contributed by atoms with Crippen LogP contribution in [0.25, 0.3) is 0 Å². The summed E-state index contributed by atoms with van der Waals surface area (Å²) in [7, 11) is 1.28. The number of aliphatic carboxylic acids is 1. The van der Waals surface area contributed by atoms with Crippen molar-refractivity contribution in [3.63, 3.8) is 0 Å². The molecule has 0 aliphatic rings. The predicted octanol–water partition coefficient (Wildman–Crippen LogP) is 2.33. The number of ether oxygens (including phenoxy) is 1. The molecule has 0 bridgehead atoms. The normalized spacial score (nSPS) is 10.4. The standard InChI is InChI=1S/C16H21NO5/c1-11(2)9-14(18)17(8-7-15(19)20)13-6-4-5-12(10-13)16(21)22-3/h4-6,10-11H,7-9H2,1-3H3,(H,19,20). The first-order chi connectivity index (χ1) is 10.3. The van der Waals surface area contributed by atoms with Gasteiger partial charge in [0.05, 0.1) is 19.1 Å². The molecular formula is C16H21NO5. The molecule has 6 heteroatoms. The van der Waals surface area contributed by atoms with Gasteiger partial charge in [-0.1, -0.05) is 19.9 Å². The highest BCUT2D eigenvalue weighted by atomic mass is 16.5. The summed E-state index contributed by atoms with van der Waals surface area (Å²) in [6.45, 7) is 3.89. The largest absolute Gasteiger partial charge is 0.481 e. The Kier molecular flexibility index (Phi) is 6.56. The number of methoxy groups -OCH3 is 1. The van der Waals surface area contributed by atoms with Crippen molar-refractivity contribution in [2.45, 2.75) is 26.7 Å². The van der Waals surface area contributed by atoms with Gasteiger partial charge in [-0.05, 0) is 24.1 Å². The van der Waals surface area contributed by atoms with Crippen molar-refractivity contribution >= 4 is 23.5 Å². The van der Waals surface area contributed by atoms with Crippen molar-refractivity contribution in [2.75, 3.05) is 18.6 Å². The third-order valence-electron chi connectivity index (χ3n) is 3.01. The van der Waals surface area contributed by atoms with Gasteiger partial charge in [0.25, 0.3) is 0 Å². The van der Waals surface area contributed by atoms with Crippen LogP contribution in [0.5, 0.6) is 0 Å². The number of carbonyl (C=O) groups is 3. The molecule has 0 atom stereocenters. The topological polar surface area (TPSA) is 83.9 Å². The molecule has 0 radical (unpaired) electrons. The third kappa shape index (κ3) is 5.20. The second-order valence-electron chi connectivity index (χ2n) is 5.33. The van der Waals surface area contributed by atoms with Crippen molar-refractivity contribution in [1.29, 1.82) is 0 Å². The Morgan fingerprint density at radius 1 is 1.27 bits per heavy atom. The van der Waals surface area contributed by atoms with Crippen LogP contribution < -0.4 is 4.90 Å². The minimum absolute atomic E-state index is 0.0610. The molecule has 0 saturated carbocycles. The van der Waals surface area contributed by atoms with Gasteiger partial charge in [0.2, 0.25) is 5.91 Å². The Labute approximate surface area is 129 Å². The van der Waals surface area contributed by atoms with E-state index in [1.54, 1.807) is 18.2 Å². The smallest absolute Gasteiger partial charge is 0.337 e. The molecular weight excluding hydrogens is 286 g/mol. The van der Waals surface area contributed by atoms with E-state index >= 15 is 0 Å². The highest BCUT2D eigenvalue weighted by Gasteiger charge is 2.19. The first-order valence-corrected chi connectivity index (χ1v) is 7.05. The van der Waals surface area contributed by atoms with Gasteiger partial charge in [-0.2, -0.15) is 0 Å². The van der Waals surface area contributed by atoms with E-state index in [1.807, 2.05) is 13.8 Å². The molecule has 6 nitrogen and oxygen atoms in total. The maximum atomic E-state index is 12.3. The van der Waals surface area contributed by atoms with Crippen LogP contribution in [0.2, 0.25) is 0 Å². The maximum Gasteiger partial charge on any atom is 0.337 e. The number of hydrogen-bond donors (Lipinski definition) is 1. The van der Waals surface area contributed by atoms with Crippen LogP contribution in [0.3, 0.4) is 0 Å². The van der Waals surface area contributed by atoms with Crippen molar-refractivity contribution in [1.82, 2.24) is 0 Å². The number of esters is 1. The van der Waals surface area contributed by atoms with Crippen LogP contribution in [-0.4, -0.2) is 36.6 Å². The van der Waals surface area contributed by atoms with Gasteiger partial charge in [-0.25, -0.2) is 4.79 Å². The second-order valence-corrected chi connectivity index (χ2v) is 5.33. The third-order valence-corrected chi connectivity index (χ3v) is 3.01. The van der Waals surface area contributed by atoms with Crippen molar-refractivity contribution in [2.24, 2.45) is 5.92 Å². The van der Waals surface area contributed by atoms with Gasteiger partial charge >= 0.3 is 11.9 Å². The molecule has 0 fully saturated rings. The Hall–Kier alpha value is -2.37. The first-order valence-electron chi connectivity index (χ1n) is 7.05. The van der Waals surface area contributed by atoms with E-state index in [1.165, 1.54) is 18.1 Å². The van der Waals surface area contributed by atoms with Crippen LogP contribution in [0.1, 0.15) is 37.0 Å². The van der Waals surface area contributed by atoms with Crippen molar-refractivity contribution in [3.8, 4) is 0 Å². The van der Waals surface area contributed by atoms with E-state index < -0.39 is 11.9 Å². The summed E-state index contributed by atoms with van der Waals surface area (Å²) in [5.74, 6) is -1.50. The second kappa shape index (κ2) is 8.17. The molecule has 1 rings (SSSR count). The lowest BCUT2D eigenvalue weighted by atomic mass is 10.1. The molecule has 1 aromatic carbocycles. The zero-order valence-corrected chi connectivity index (χ0v) is 13.0. The zero-order valence-electron chi connectivity index (χ0n) is 13.0. The number of rotatable bonds is 7. The predicted molar refractivity (Wildman–Crippen MR) is 81.8 cm³/mol. The fourth-order valence-corrected chi connectivity index (χ4v) is 1.98. The minimum Gasteiger partial charge on any atom is -0.481 e. The Morgan fingerprint density at radius 2 is 1.95 bits per heavy atom. The summed E-state index contributed by atoms with van der Waals surface area (Å²) in [5.41, 5.74) is 0.812. The van der Waals surface area contributed by atoms with E-state index in [9.17, 15) is 14.4 Å². The van der Waals surface area contributed by atoms with Crippen LogP contribution in [-0.2, 0) is 14.3 Å². The van der Waals surface area contributed by atoms with Gasteiger partial charge in [-0.3, -0.25) is 9.59 Å². The van der Waals surface area contributed by atoms with Gasteiger partial charge in [-0.15, -0.1) is 0 Å². The lowest BCUT2D eigenvalue weighted by Crippen LogP contribution is -2.33. The van der Waals surface area contributed by atoms with E-state index in [0.717, 1.165) is 0 Å². The summed E-state index contributed by atoms with van der Waals surface area (Å²) in [6, 6.07) is 6.42. The van der Waals surface area contributed by atoms with Crippen LogP contribution in [0.4, 0.5) is 5.69 Å². The Balaban J connectivity index is 3.06. The number of benzene rings is 1. The van der Waals surface area contributed by atoms with Gasteiger partial charge < -0.3 is 14.7 Å². The average molecular weight is 307 g/mol. The highest BCUT2D eigenvalue weighted by Crippen LogP contribution is 2.19. The Bertz CT molecular complexity index is 553. The van der Waals surface area contributed by atoms with Crippen molar-refractivity contribution in [3.05, 3.63) is 29.8 Å². The molecule has 1 amide bonds. The molecule has 22 heavy (non-hydrogen) atoms. The van der Waals surface area contributed by atoms with Crippen molar-refractivity contribution < 1.29 is 24.2 Å². The molecule has 0 unspecified atom stereocenters. The summed E-state index contributed by atoms with van der Waals surface area (Å²) < 4.78 is 4.66. The van der Waals surface area contributed by atoms with Gasteiger partial charge in [0.15, 0.2) is 0 Å². The van der Waals surface area contributed by atoms with Crippen LogP contribution in [0, 0.1) is 5.92 Å². The minimum atomic E-state index is -0.980. The Morgan fingerprint density at radius 3 is 2.50 bits per heavy atom. The van der Waals surface area contributed by atoms with E-state index in [2.05, 4.69) is 4.74 Å². The molecule has 120 valence electrons. The molecule has 0 aliphatic carbocycles. The van der Waals surface area contributed by atoms with Crippen LogP contribution >= 0.6 is 0 Å². The van der Waals surface area contributed by atoms with E-state index in [-0.39, 0.29) is 24.8 Å². The molecule has 0 spiro atoms. The average Bonchev–Trinajstić information content (AvgIpc) is 2.45. The van der Waals surface area contributed by atoms with Crippen LogP contribution in [0.15, 0.2) is 24.3 Å². The number of carboxylic acid groups (broad SMARTS) is 1. The number of nitrogens with zero attached hydrogens (tertiary/aromatic N) is 1. The molecule has 0 aliphatic heterocycles. The number of hydrogen-bond acceptors (Lipinski definition) is 4. The number of amides is 1. The quantitative estimate of drug-likeness (QED) is 0.782. The number of carbonyl (C=O) groups excluding carboxylic acids is 2. The lowest BCUT2D eigenvalue weighted by Gasteiger charge is -2.23. The number of anilines is 1. The lowest BCUT2D eigenvalue weighted by molar-refractivity contribution is -0.136. The summed E-state index contributed by atoms with van der Waals surface area (Å²) in [6.07, 6.45) is 0.147. The number of carboxylic acids is 1. The monoisotopic (exact) mass is 307 g/mol. The summed E-state index contributed by atoms with van der Waals surface area (Å²) in [4.78, 5) is 36.1. The molecule has 0 heterocycles. The summed E-state index contributed by atoms with van der Waals surface area (Å²) in [5, 5.41) is 8.84.